The van der Waals surface area contributed by atoms with Crippen molar-refractivity contribution in [3.63, 3.8) is 0 Å². The molecule has 4 rings (SSSR count). The summed E-state index contributed by atoms with van der Waals surface area (Å²) in [4.78, 5) is 50.3. The van der Waals surface area contributed by atoms with Gasteiger partial charge in [-0.1, -0.05) is 24.3 Å². The Morgan fingerprint density at radius 1 is 1.03 bits per heavy atom. The van der Waals surface area contributed by atoms with E-state index in [-0.39, 0.29) is 54.0 Å². The summed E-state index contributed by atoms with van der Waals surface area (Å²) in [6.07, 6.45) is 6.88. The van der Waals surface area contributed by atoms with Gasteiger partial charge in [-0.3, -0.25) is 24.1 Å². The van der Waals surface area contributed by atoms with Gasteiger partial charge in [0.2, 0.25) is 23.6 Å². The van der Waals surface area contributed by atoms with Crippen LogP contribution in [0.15, 0.2) is 36.4 Å². The quantitative estimate of drug-likeness (QED) is 0.570. The van der Waals surface area contributed by atoms with Crippen molar-refractivity contribution in [2.75, 3.05) is 11.9 Å². The lowest BCUT2D eigenvalue weighted by Crippen LogP contribution is -2.41. The minimum absolute atomic E-state index is 0.0508. The van der Waals surface area contributed by atoms with E-state index in [1.165, 1.54) is 0 Å². The molecule has 1 aromatic rings. The molecule has 0 aromatic heterocycles. The maximum Gasteiger partial charge on any atom is 0.240 e. The molecular weight excluding hydrogens is 370 g/mol. The van der Waals surface area contributed by atoms with Crippen LogP contribution in [0.4, 0.5) is 5.69 Å². The summed E-state index contributed by atoms with van der Waals surface area (Å²) in [7, 11) is 0. The van der Waals surface area contributed by atoms with E-state index in [1.807, 2.05) is 43.3 Å². The molecule has 7 nitrogen and oxygen atoms in total. The average Bonchev–Trinajstić information content (AvgIpc) is 3.54. The number of nitrogens with zero attached hydrogens (tertiary/aromatic N) is 1. The Morgan fingerprint density at radius 2 is 1.62 bits per heavy atom. The van der Waals surface area contributed by atoms with Gasteiger partial charge in [-0.15, -0.1) is 0 Å². The Balaban J connectivity index is 1.31. The predicted molar refractivity (Wildman–Crippen MR) is 106 cm³/mol. The van der Waals surface area contributed by atoms with Gasteiger partial charge in [-0.05, 0) is 50.3 Å². The van der Waals surface area contributed by atoms with Gasteiger partial charge in [-0.2, -0.15) is 0 Å². The number of hydrogen-bond acceptors (Lipinski definition) is 4. The van der Waals surface area contributed by atoms with Gasteiger partial charge in [0, 0.05) is 11.6 Å². The summed E-state index contributed by atoms with van der Waals surface area (Å²) in [5, 5.41) is 5.73. The van der Waals surface area contributed by atoms with E-state index in [0.717, 1.165) is 29.0 Å². The topological polar surface area (TPSA) is 95.6 Å². The molecule has 3 atom stereocenters. The van der Waals surface area contributed by atoms with Crippen LogP contribution in [-0.2, 0) is 19.2 Å². The van der Waals surface area contributed by atoms with Crippen LogP contribution in [0.2, 0.25) is 0 Å². The van der Waals surface area contributed by atoms with Crippen molar-refractivity contribution in [2.45, 2.75) is 38.6 Å². The van der Waals surface area contributed by atoms with Gasteiger partial charge in [-0.25, -0.2) is 0 Å². The highest BCUT2D eigenvalue weighted by atomic mass is 16.2. The van der Waals surface area contributed by atoms with E-state index in [4.69, 9.17) is 0 Å². The van der Waals surface area contributed by atoms with Crippen molar-refractivity contribution in [1.82, 2.24) is 10.2 Å². The Morgan fingerprint density at radius 3 is 2.17 bits per heavy atom. The minimum atomic E-state index is -0.364. The van der Waals surface area contributed by atoms with Gasteiger partial charge in [0.15, 0.2) is 0 Å². The maximum absolute atomic E-state index is 12.5. The predicted octanol–water partition coefficient (Wildman–Crippen LogP) is 2.16. The summed E-state index contributed by atoms with van der Waals surface area (Å²) >= 11 is 0. The summed E-state index contributed by atoms with van der Waals surface area (Å²) in [5.41, 5.74) is 1.60. The highest BCUT2D eigenvalue weighted by Crippen LogP contribution is 2.35. The molecule has 0 spiro atoms. The van der Waals surface area contributed by atoms with E-state index in [1.54, 1.807) is 0 Å². The molecular formula is C22H25N3O4. The second kappa shape index (κ2) is 7.81. The molecule has 152 valence electrons. The van der Waals surface area contributed by atoms with E-state index in [2.05, 4.69) is 10.6 Å². The molecule has 0 radical (unpaired) electrons. The van der Waals surface area contributed by atoms with E-state index in [9.17, 15) is 19.2 Å². The molecule has 1 saturated carbocycles. The molecule has 0 bridgehead atoms. The fourth-order valence-electron chi connectivity index (χ4n) is 3.98. The zero-order valence-electron chi connectivity index (χ0n) is 16.4. The smallest absolute Gasteiger partial charge is 0.240 e. The van der Waals surface area contributed by atoms with Crippen LogP contribution in [0.1, 0.15) is 44.2 Å². The van der Waals surface area contributed by atoms with Crippen molar-refractivity contribution in [1.29, 1.82) is 0 Å². The van der Waals surface area contributed by atoms with Crippen molar-refractivity contribution >= 4 is 29.3 Å². The fraction of sp³-hybridized carbons (Fsp3) is 0.455. The number of nitrogens with one attached hydrogen (secondary N) is 2. The lowest BCUT2D eigenvalue weighted by Gasteiger charge is -2.18. The highest BCUT2D eigenvalue weighted by Gasteiger charge is 2.47. The van der Waals surface area contributed by atoms with Gasteiger partial charge >= 0.3 is 0 Å². The number of carbonyl (C=O) groups excluding carboxylic acids is 4. The van der Waals surface area contributed by atoms with Gasteiger partial charge in [0.25, 0.3) is 0 Å². The third-order valence-electron chi connectivity index (χ3n) is 5.90. The first-order chi connectivity index (χ1) is 13.9. The van der Waals surface area contributed by atoms with E-state index in [0.29, 0.717) is 12.8 Å². The van der Waals surface area contributed by atoms with Gasteiger partial charge in [0.05, 0.1) is 17.9 Å². The molecule has 2 fully saturated rings. The number of rotatable bonds is 6. The molecule has 3 unspecified atom stereocenters. The van der Waals surface area contributed by atoms with Crippen molar-refractivity contribution < 1.29 is 19.2 Å². The molecule has 1 aromatic carbocycles. The number of allylic oxidation sites excluding steroid dienone is 2. The molecule has 29 heavy (non-hydrogen) atoms. The molecule has 3 aliphatic rings. The summed E-state index contributed by atoms with van der Waals surface area (Å²) in [5.74, 6) is -1.31. The van der Waals surface area contributed by atoms with Crippen LogP contribution in [0.3, 0.4) is 0 Å². The molecule has 2 N–H and O–H groups in total. The van der Waals surface area contributed by atoms with Crippen LogP contribution < -0.4 is 10.6 Å². The second-order valence-electron chi connectivity index (χ2n) is 8.09. The zero-order chi connectivity index (χ0) is 20.5. The lowest BCUT2D eigenvalue weighted by atomic mass is 9.85. The molecule has 1 saturated heterocycles. The van der Waals surface area contributed by atoms with Gasteiger partial charge < -0.3 is 10.6 Å². The first-order valence-electron chi connectivity index (χ1n) is 10.1. The molecule has 4 amide bonds. The van der Waals surface area contributed by atoms with Gasteiger partial charge in [0.1, 0.15) is 6.54 Å². The molecule has 7 heteroatoms. The standard InChI is InChI=1S/C22H25N3O4/c1-13(14-8-10-16(11-9-14)24-20(27)15-6-7-15)23-19(26)12-25-21(28)17-4-2-3-5-18(17)22(25)29/h2-3,8-11,13,15,17-18H,4-7,12H2,1H3,(H,23,26)(H,24,27). The Bertz CT molecular complexity index is 847. The van der Waals surface area contributed by atoms with Crippen LogP contribution in [0.5, 0.6) is 0 Å². The number of hydrogen-bond donors (Lipinski definition) is 2. The van der Waals surface area contributed by atoms with Crippen LogP contribution in [-0.4, -0.2) is 35.1 Å². The number of anilines is 1. The largest absolute Gasteiger partial charge is 0.348 e. The first kappa shape index (κ1) is 19.4. The van der Waals surface area contributed by atoms with E-state index >= 15 is 0 Å². The summed E-state index contributed by atoms with van der Waals surface area (Å²) in [6.45, 7) is 1.59. The lowest BCUT2D eigenvalue weighted by molar-refractivity contribution is -0.143. The average molecular weight is 395 g/mol. The minimum Gasteiger partial charge on any atom is -0.348 e. The maximum atomic E-state index is 12.5. The second-order valence-corrected chi connectivity index (χ2v) is 8.09. The normalized spacial score (nSPS) is 24.2. The first-order valence-corrected chi connectivity index (χ1v) is 10.1. The molecule has 2 aliphatic carbocycles. The Hall–Kier alpha value is -2.96. The summed E-state index contributed by atoms with van der Waals surface area (Å²) < 4.78 is 0. The zero-order valence-corrected chi connectivity index (χ0v) is 16.4. The number of fused-ring (bicyclic) bond motifs is 1. The van der Waals surface area contributed by atoms with Crippen molar-refractivity contribution in [2.24, 2.45) is 17.8 Å². The third-order valence-corrected chi connectivity index (χ3v) is 5.90. The van der Waals surface area contributed by atoms with Crippen LogP contribution >= 0.6 is 0 Å². The van der Waals surface area contributed by atoms with E-state index < -0.39 is 0 Å². The number of benzene rings is 1. The SMILES string of the molecule is CC(NC(=O)CN1C(=O)C2CC=CCC2C1=O)c1ccc(NC(=O)C2CC2)cc1. The molecule has 1 heterocycles. The molecule has 1 aliphatic heterocycles. The van der Waals surface area contributed by atoms with Crippen LogP contribution in [0.25, 0.3) is 0 Å². The Labute approximate surface area is 169 Å². The highest BCUT2D eigenvalue weighted by molar-refractivity contribution is 6.07. The number of carbonyl (C=O) groups is 4. The third kappa shape index (κ3) is 4.09. The monoisotopic (exact) mass is 395 g/mol. The Kier molecular flexibility index (Phi) is 5.22. The van der Waals surface area contributed by atoms with Crippen molar-refractivity contribution in [3.8, 4) is 0 Å². The summed E-state index contributed by atoms with van der Waals surface area (Å²) in [6, 6.07) is 7.03. The number of amides is 4. The number of likely N-dealkylation sites (tertiary alicyclic amines) is 1. The van der Waals surface area contributed by atoms with Crippen molar-refractivity contribution in [3.05, 3.63) is 42.0 Å². The fourth-order valence-corrected chi connectivity index (χ4v) is 3.98. The van der Waals surface area contributed by atoms with Crippen LogP contribution in [0, 0.1) is 17.8 Å². The number of imide groups is 1.